The summed E-state index contributed by atoms with van der Waals surface area (Å²) in [7, 11) is -1.47. The van der Waals surface area contributed by atoms with E-state index in [0.29, 0.717) is 35.1 Å². The Morgan fingerprint density at radius 1 is 0.741 bits per heavy atom. The Labute approximate surface area is 342 Å². The average molecular weight is 823 g/mol. The smallest absolute Gasteiger partial charge is 0.443 e. The van der Waals surface area contributed by atoms with E-state index in [2.05, 4.69) is 30.1 Å². The number of esters is 2. The van der Waals surface area contributed by atoms with E-state index < -0.39 is 17.9 Å². The van der Waals surface area contributed by atoms with E-state index in [0.717, 1.165) is 22.0 Å². The van der Waals surface area contributed by atoms with Crippen LogP contribution in [0.3, 0.4) is 0 Å². The van der Waals surface area contributed by atoms with Gasteiger partial charge in [-0.2, -0.15) is 10.2 Å². The Hall–Kier alpha value is -5.21. The van der Waals surface area contributed by atoms with Gasteiger partial charge < -0.3 is 29.0 Å². The minimum Gasteiger partial charge on any atom is -0.443 e. The Bertz CT molecular complexity index is 2260. The molecule has 2 unspecified atom stereocenters. The van der Waals surface area contributed by atoms with Crippen LogP contribution in [-0.2, 0) is 42.0 Å². The summed E-state index contributed by atoms with van der Waals surface area (Å²) in [5.41, 5.74) is 2.30. The Morgan fingerprint density at radius 2 is 1.22 bits per heavy atom. The molecule has 58 heavy (non-hydrogen) atoms. The standard InChI is InChI=1S/C19H25N5O3.C12H14ClN3O2.C7H13BN2O3/c1-6-26-13(2)24-10-14(9-22-24)16-15-7-8-23(17(15)21-11-20-16)12-27-18(25)19(3,4)5;1-12(2,3)11(17)18-7-16-5-4-8-9(13)14-6-15-10(8)16;1-3-13-6(2)10-5-7(4-9-10)8(11)12/h7-11,13H,6,12H2,1-5H3;4-6H,7H2,1-3H3;4-6,11-12H,3H2,1-2H3. The predicted octanol–water partition coefficient (Wildman–Crippen LogP) is 5.15. The van der Waals surface area contributed by atoms with Gasteiger partial charge in [-0.3, -0.25) is 18.7 Å². The lowest BCUT2D eigenvalue weighted by atomic mass is 9.83. The van der Waals surface area contributed by atoms with E-state index in [-0.39, 0.29) is 37.9 Å². The maximum Gasteiger partial charge on any atom is 0.491 e. The molecule has 0 aromatic carbocycles. The van der Waals surface area contributed by atoms with Crippen molar-refractivity contribution >= 4 is 58.2 Å². The van der Waals surface area contributed by atoms with Crippen LogP contribution >= 0.6 is 11.6 Å². The topological polar surface area (TPSA) is 209 Å². The van der Waals surface area contributed by atoms with Crippen LogP contribution in [0.5, 0.6) is 0 Å². The molecule has 6 aromatic heterocycles. The molecule has 312 valence electrons. The molecule has 0 aliphatic heterocycles. The summed E-state index contributed by atoms with van der Waals surface area (Å²) in [6.45, 7) is 19.9. The number of nitrogens with zero attached hydrogens (tertiary/aromatic N) is 10. The van der Waals surface area contributed by atoms with E-state index in [9.17, 15) is 9.59 Å². The van der Waals surface area contributed by atoms with Crippen molar-refractivity contribution in [3.8, 4) is 11.3 Å². The summed E-state index contributed by atoms with van der Waals surface area (Å²) in [4.78, 5) is 40.5. The van der Waals surface area contributed by atoms with Gasteiger partial charge in [0.25, 0.3) is 0 Å². The molecule has 0 radical (unpaired) electrons. The number of fused-ring (bicyclic) bond motifs is 2. The Balaban J connectivity index is 0.000000207. The minimum absolute atomic E-state index is 0.108. The first-order valence-corrected chi connectivity index (χ1v) is 19.0. The zero-order valence-electron chi connectivity index (χ0n) is 34.5. The molecule has 0 saturated carbocycles. The lowest BCUT2D eigenvalue weighted by Crippen LogP contribution is -2.28. The third kappa shape index (κ3) is 11.9. The summed E-state index contributed by atoms with van der Waals surface area (Å²) in [5, 5.41) is 27.9. The second-order valence-corrected chi connectivity index (χ2v) is 15.4. The summed E-state index contributed by atoms with van der Waals surface area (Å²) in [6, 6.07) is 3.71. The highest BCUT2D eigenvalue weighted by Crippen LogP contribution is 2.27. The van der Waals surface area contributed by atoms with Crippen LogP contribution in [0.25, 0.3) is 33.3 Å². The van der Waals surface area contributed by atoms with E-state index in [1.807, 2.05) is 87.7 Å². The summed E-state index contributed by atoms with van der Waals surface area (Å²) >= 11 is 5.93. The fourth-order valence-electron chi connectivity index (χ4n) is 5.08. The first-order valence-electron chi connectivity index (χ1n) is 18.6. The molecule has 6 rings (SSSR count). The van der Waals surface area contributed by atoms with Gasteiger partial charge in [-0.25, -0.2) is 29.3 Å². The van der Waals surface area contributed by atoms with Gasteiger partial charge in [-0.15, -0.1) is 0 Å². The lowest BCUT2D eigenvalue weighted by Gasteiger charge is -2.17. The van der Waals surface area contributed by atoms with Gasteiger partial charge in [-0.1, -0.05) is 11.6 Å². The van der Waals surface area contributed by atoms with Crippen LogP contribution in [0, 0.1) is 10.8 Å². The zero-order valence-corrected chi connectivity index (χ0v) is 35.3. The summed E-state index contributed by atoms with van der Waals surface area (Å²) < 4.78 is 28.2. The summed E-state index contributed by atoms with van der Waals surface area (Å²) in [5.74, 6) is -0.519. The summed E-state index contributed by atoms with van der Waals surface area (Å²) in [6.07, 6.45) is 12.8. The number of aromatic nitrogens is 10. The molecule has 0 amide bonds. The van der Waals surface area contributed by atoms with E-state index >= 15 is 0 Å². The van der Waals surface area contributed by atoms with Gasteiger partial charge >= 0.3 is 19.1 Å². The predicted molar refractivity (Wildman–Crippen MR) is 217 cm³/mol. The van der Waals surface area contributed by atoms with Crippen molar-refractivity contribution < 1.29 is 38.6 Å². The Kier molecular flexibility index (Phi) is 15.7. The molecule has 20 heteroatoms. The normalized spacial score (nSPS) is 12.6. The SMILES string of the molecule is CC(C)(C)C(=O)OCn1ccc2c(Cl)ncnc21.CCOC(C)n1cc(-c2ncnc3c2ccn3COC(=O)C(C)(C)C)cn1.CCOC(C)n1cc(B(O)O)cn1. The third-order valence-electron chi connectivity index (χ3n) is 8.31. The molecule has 2 N–H and O–H groups in total. The largest absolute Gasteiger partial charge is 0.491 e. The number of rotatable bonds is 12. The molecule has 2 atom stereocenters. The first-order chi connectivity index (χ1) is 27.3. The fourth-order valence-corrected chi connectivity index (χ4v) is 5.27. The molecule has 6 heterocycles. The average Bonchev–Trinajstić information content (AvgIpc) is 3.99. The van der Waals surface area contributed by atoms with Gasteiger partial charge in [0.15, 0.2) is 13.5 Å². The molecule has 6 aromatic rings. The van der Waals surface area contributed by atoms with Crippen molar-refractivity contribution in [3.63, 3.8) is 0 Å². The number of halogens is 1. The van der Waals surface area contributed by atoms with Crippen LogP contribution in [-0.4, -0.2) is 90.9 Å². The molecule has 0 aliphatic carbocycles. The fraction of sp³-hybridized carbons (Fsp3) is 0.474. The van der Waals surface area contributed by atoms with Gasteiger partial charge in [0.1, 0.15) is 41.6 Å². The second-order valence-electron chi connectivity index (χ2n) is 15.0. The highest BCUT2D eigenvalue weighted by Gasteiger charge is 2.24. The van der Waals surface area contributed by atoms with Crippen LogP contribution in [0.2, 0.25) is 5.15 Å². The van der Waals surface area contributed by atoms with Crippen LogP contribution < -0.4 is 5.46 Å². The lowest BCUT2D eigenvalue weighted by molar-refractivity contribution is -0.157. The molecule has 0 bridgehead atoms. The highest BCUT2D eigenvalue weighted by molar-refractivity contribution is 6.58. The van der Waals surface area contributed by atoms with Crippen molar-refractivity contribution in [2.75, 3.05) is 13.2 Å². The monoisotopic (exact) mass is 822 g/mol. The third-order valence-corrected chi connectivity index (χ3v) is 8.61. The molecular weight excluding hydrogens is 771 g/mol. The van der Waals surface area contributed by atoms with Crippen molar-refractivity contribution in [3.05, 3.63) is 67.1 Å². The molecule has 18 nitrogen and oxygen atoms in total. The Morgan fingerprint density at radius 3 is 1.72 bits per heavy atom. The molecular formula is C38H52BClN10O8. The first kappa shape index (κ1) is 45.5. The maximum absolute atomic E-state index is 12.0. The maximum atomic E-state index is 12.0. The number of hydrogen-bond acceptors (Lipinski definition) is 14. The minimum atomic E-state index is -1.47. The van der Waals surface area contributed by atoms with Crippen molar-refractivity contribution in [2.45, 2.75) is 95.2 Å². The van der Waals surface area contributed by atoms with Gasteiger partial charge in [-0.05, 0) is 81.4 Å². The van der Waals surface area contributed by atoms with Crippen molar-refractivity contribution in [1.29, 1.82) is 0 Å². The van der Waals surface area contributed by atoms with Crippen molar-refractivity contribution in [2.24, 2.45) is 10.8 Å². The molecule has 0 fully saturated rings. The number of carbonyl (C=O) groups is 2. The van der Waals surface area contributed by atoms with Gasteiger partial charge in [0, 0.05) is 60.6 Å². The van der Waals surface area contributed by atoms with E-state index in [1.165, 1.54) is 23.5 Å². The van der Waals surface area contributed by atoms with E-state index in [1.54, 1.807) is 38.5 Å². The quantitative estimate of drug-likeness (QED) is 0.0931. The van der Waals surface area contributed by atoms with Crippen LogP contribution in [0.4, 0.5) is 0 Å². The molecule has 0 spiro atoms. The second kappa shape index (κ2) is 20.0. The van der Waals surface area contributed by atoms with Gasteiger partial charge in [0.2, 0.25) is 0 Å². The van der Waals surface area contributed by atoms with Gasteiger partial charge in [0.05, 0.1) is 28.1 Å². The number of hydrogen-bond donors (Lipinski definition) is 2. The van der Waals surface area contributed by atoms with E-state index in [4.69, 9.17) is 40.6 Å². The molecule has 0 saturated heterocycles. The highest BCUT2D eigenvalue weighted by atomic mass is 35.5. The van der Waals surface area contributed by atoms with Crippen LogP contribution in [0.1, 0.15) is 81.7 Å². The zero-order chi connectivity index (χ0) is 42.8. The van der Waals surface area contributed by atoms with Crippen molar-refractivity contribution in [1.82, 2.24) is 48.6 Å². The number of ether oxygens (including phenoxy) is 4. The van der Waals surface area contributed by atoms with Crippen LogP contribution in [0.15, 0.2) is 62.0 Å². The number of carbonyl (C=O) groups excluding carboxylic acids is 2. The molecule has 0 aliphatic rings.